The number of rotatable bonds is 8. The van der Waals surface area contributed by atoms with Crippen LogP contribution in [0.5, 0.6) is 5.75 Å². The van der Waals surface area contributed by atoms with E-state index < -0.39 is 6.61 Å². The number of hydrogen-bond donors (Lipinski definition) is 2. The Morgan fingerprint density at radius 1 is 1.00 bits per heavy atom. The van der Waals surface area contributed by atoms with Crippen LogP contribution in [0, 0.1) is 0 Å². The van der Waals surface area contributed by atoms with Gasteiger partial charge in [-0.15, -0.1) is 0 Å². The highest BCUT2D eigenvalue weighted by molar-refractivity contribution is 5.85. The van der Waals surface area contributed by atoms with Crippen LogP contribution in [0.4, 0.5) is 8.78 Å². The summed E-state index contributed by atoms with van der Waals surface area (Å²) in [4.78, 5) is 23.8. The molecule has 26 heavy (non-hydrogen) atoms. The highest BCUT2D eigenvalue weighted by atomic mass is 19.3. The minimum absolute atomic E-state index is 0.0513. The van der Waals surface area contributed by atoms with Gasteiger partial charge in [0.25, 0.3) is 0 Å². The Kier molecular flexibility index (Phi) is 7.08. The molecule has 0 aromatic heterocycles. The van der Waals surface area contributed by atoms with Gasteiger partial charge >= 0.3 is 6.61 Å². The van der Waals surface area contributed by atoms with E-state index in [1.165, 1.54) is 12.1 Å². The van der Waals surface area contributed by atoms with Gasteiger partial charge in [-0.3, -0.25) is 9.59 Å². The zero-order chi connectivity index (χ0) is 18.9. The fraction of sp³-hybridized carbons (Fsp3) is 0.263. The van der Waals surface area contributed by atoms with Crippen LogP contribution in [0.1, 0.15) is 24.1 Å². The Labute approximate surface area is 150 Å². The molecule has 5 nitrogen and oxygen atoms in total. The first-order valence-corrected chi connectivity index (χ1v) is 8.09. The van der Waals surface area contributed by atoms with Crippen molar-refractivity contribution in [2.45, 2.75) is 26.0 Å². The molecule has 7 heteroatoms. The van der Waals surface area contributed by atoms with E-state index in [1.54, 1.807) is 19.1 Å². The molecule has 0 aliphatic carbocycles. The fourth-order valence-corrected chi connectivity index (χ4v) is 2.34. The van der Waals surface area contributed by atoms with E-state index in [4.69, 9.17) is 0 Å². The van der Waals surface area contributed by atoms with Crippen LogP contribution in [0.25, 0.3) is 0 Å². The van der Waals surface area contributed by atoms with E-state index in [0.717, 1.165) is 11.1 Å². The van der Waals surface area contributed by atoms with Crippen molar-refractivity contribution in [3.63, 3.8) is 0 Å². The lowest BCUT2D eigenvalue weighted by molar-refractivity contribution is -0.126. The Hall–Kier alpha value is -2.96. The number of halogens is 2. The predicted octanol–water partition coefficient (Wildman–Crippen LogP) is 2.82. The minimum atomic E-state index is -2.88. The summed E-state index contributed by atoms with van der Waals surface area (Å²) >= 11 is 0. The van der Waals surface area contributed by atoms with Gasteiger partial charge in [0.2, 0.25) is 11.8 Å². The van der Waals surface area contributed by atoms with Gasteiger partial charge in [0.1, 0.15) is 5.75 Å². The number of nitrogens with one attached hydrogen (secondary N) is 2. The average Bonchev–Trinajstić information content (AvgIpc) is 2.61. The van der Waals surface area contributed by atoms with Crippen molar-refractivity contribution in [2.24, 2.45) is 0 Å². The number of carbonyl (C=O) groups is 2. The molecule has 0 bridgehead atoms. The maximum Gasteiger partial charge on any atom is 0.387 e. The first kappa shape index (κ1) is 19.4. The molecule has 2 aromatic rings. The highest BCUT2D eigenvalue weighted by Gasteiger charge is 2.12. The third-order valence-corrected chi connectivity index (χ3v) is 3.64. The molecule has 2 rings (SSSR count). The molecular formula is C19H20F2N2O3. The van der Waals surface area contributed by atoms with Crippen molar-refractivity contribution in [1.29, 1.82) is 0 Å². The second kappa shape index (κ2) is 9.50. The van der Waals surface area contributed by atoms with Crippen molar-refractivity contribution in [3.8, 4) is 5.75 Å². The molecule has 0 aliphatic rings. The van der Waals surface area contributed by atoms with Crippen molar-refractivity contribution in [3.05, 3.63) is 65.7 Å². The normalized spacial score (nSPS) is 11.7. The number of amides is 2. The van der Waals surface area contributed by atoms with Gasteiger partial charge in [-0.25, -0.2) is 0 Å². The van der Waals surface area contributed by atoms with E-state index in [2.05, 4.69) is 15.4 Å². The van der Waals surface area contributed by atoms with Crippen LogP contribution < -0.4 is 15.4 Å². The van der Waals surface area contributed by atoms with Crippen molar-refractivity contribution in [1.82, 2.24) is 10.6 Å². The second-order valence-electron chi connectivity index (χ2n) is 5.68. The first-order valence-electron chi connectivity index (χ1n) is 8.09. The molecule has 0 fully saturated rings. The van der Waals surface area contributed by atoms with E-state index in [9.17, 15) is 18.4 Å². The Morgan fingerprint density at radius 3 is 2.27 bits per heavy atom. The minimum Gasteiger partial charge on any atom is -0.435 e. The monoisotopic (exact) mass is 362 g/mol. The topological polar surface area (TPSA) is 67.4 Å². The van der Waals surface area contributed by atoms with Gasteiger partial charge < -0.3 is 15.4 Å². The van der Waals surface area contributed by atoms with Crippen LogP contribution in [-0.2, 0) is 16.0 Å². The SMILES string of the molecule is CC(NC(=O)CNC(=O)Cc1ccccc1)c1ccc(OC(F)F)cc1. The lowest BCUT2D eigenvalue weighted by Gasteiger charge is -2.15. The van der Waals surface area contributed by atoms with E-state index in [1.807, 2.05) is 30.3 Å². The Balaban J connectivity index is 1.77. The quantitative estimate of drug-likeness (QED) is 0.759. The molecule has 1 atom stereocenters. The second-order valence-corrected chi connectivity index (χ2v) is 5.68. The van der Waals surface area contributed by atoms with E-state index in [-0.39, 0.29) is 36.6 Å². The molecule has 2 N–H and O–H groups in total. The van der Waals surface area contributed by atoms with Gasteiger partial charge in [-0.2, -0.15) is 8.78 Å². The number of carbonyl (C=O) groups excluding carboxylic acids is 2. The Bertz CT molecular complexity index is 721. The molecular weight excluding hydrogens is 342 g/mol. The molecule has 0 aliphatic heterocycles. The molecule has 2 aromatic carbocycles. The van der Waals surface area contributed by atoms with Crippen molar-refractivity contribution >= 4 is 11.8 Å². The largest absolute Gasteiger partial charge is 0.435 e. The van der Waals surface area contributed by atoms with Crippen LogP contribution in [0.15, 0.2) is 54.6 Å². The molecule has 0 saturated carbocycles. The van der Waals surface area contributed by atoms with Crippen molar-refractivity contribution < 1.29 is 23.1 Å². The highest BCUT2D eigenvalue weighted by Crippen LogP contribution is 2.19. The van der Waals surface area contributed by atoms with E-state index >= 15 is 0 Å². The van der Waals surface area contributed by atoms with Gasteiger partial charge in [0.15, 0.2) is 0 Å². The number of alkyl halides is 2. The predicted molar refractivity (Wildman–Crippen MR) is 92.8 cm³/mol. The fourth-order valence-electron chi connectivity index (χ4n) is 2.34. The summed E-state index contributed by atoms with van der Waals surface area (Å²) in [6.45, 7) is -1.26. The lowest BCUT2D eigenvalue weighted by atomic mass is 10.1. The maximum atomic E-state index is 12.1. The molecule has 0 spiro atoms. The third-order valence-electron chi connectivity index (χ3n) is 3.64. The number of benzene rings is 2. The molecule has 1 unspecified atom stereocenters. The molecule has 0 heterocycles. The summed E-state index contributed by atoms with van der Waals surface area (Å²) in [5.41, 5.74) is 1.60. The van der Waals surface area contributed by atoms with Crippen molar-refractivity contribution in [2.75, 3.05) is 6.54 Å². The molecule has 0 radical (unpaired) electrons. The lowest BCUT2D eigenvalue weighted by Crippen LogP contribution is -2.38. The molecule has 138 valence electrons. The van der Waals surface area contributed by atoms with Gasteiger partial charge in [0.05, 0.1) is 19.0 Å². The summed E-state index contributed by atoms with van der Waals surface area (Å²) in [5, 5.41) is 5.30. The number of ether oxygens (including phenoxy) is 1. The molecule has 2 amide bonds. The Morgan fingerprint density at radius 2 is 1.65 bits per heavy atom. The zero-order valence-corrected chi connectivity index (χ0v) is 14.2. The van der Waals surface area contributed by atoms with E-state index in [0.29, 0.717) is 0 Å². The van der Waals surface area contributed by atoms with Gasteiger partial charge in [-0.05, 0) is 30.2 Å². The van der Waals surface area contributed by atoms with Crippen LogP contribution >= 0.6 is 0 Å². The molecule has 0 saturated heterocycles. The van der Waals surface area contributed by atoms with Crippen LogP contribution in [0.3, 0.4) is 0 Å². The average molecular weight is 362 g/mol. The summed E-state index contributed by atoms with van der Waals surface area (Å²) in [7, 11) is 0. The zero-order valence-electron chi connectivity index (χ0n) is 14.2. The smallest absolute Gasteiger partial charge is 0.387 e. The standard InChI is InChI=1S/C19H20F2N2O3/c1-13(15-7-9-16(10-8-15)26-19(20)21)23-18(25)12-22-17(24)11-14-5-3-2-4-6-14/h2-10,13,19H,11-12H2,1H3,(H,22,24)(H,23,25). The summed E-state index contributed by atoms with van der Waals surface area (Å²) in [6, 6.07) is 14.9. The van der Waals surface area contributed by atoms with Crippen LogP contribution in [-0.4, -0.2) is 25.0 Å². The summed E-state index contributed by atoms with van der Waals surface area (Å²) in [6.07, 6.45) is 0.204. The van der Waals surface area contributed by atoms with Gasteiger partial charge in [0, 0.05) is 0 Å². The first-order chi connectivity index (χ1) is 12.4. The maximum absolute atomic E-state index is 12.1. The van der Waals surface area contributed by atoms with Crippen LogP contribution in [0.2, 0.25) is 0 Å². The third kappa shape index (κ3) is 6.51. The van der Waals surface area contributed by atoms with Gasteiger partial charge in [-0.1, -0.05) is 42.5 Å². The number of hydrogen-bond acceptors (Lipinski definition) is 3. The summed E-state index contributed by atoms with van der Waals surface area (Å²) in [5.74, 6) is -0.533. The summed E-state index contributed by atoms with van der Waals surface area (Å²) < 4.78 is 28.5.